The second-order valence-corrected chi connectivity index (χ2v) is 2.67. The molecule has 80 valence electrons. The van der Waals surface area contributed by atoms with Crippen LogP contribution in [-0.4, -0.2) is 18.5 Å². The Labute approximate surface area is 86.7 Å². The lowest BCUT2D eigenvalue weighted by Crippen LogP contribution is -2.16. The van der Waals surface area contributed by atoms with E-state index in [-0.39, 0.29) is 17.7 Å². The van der Waals surface area contributed by atoms with Gasteiger partial charge in [0, 0.05) is 0 Å². The second-order valence-electron chi connectivity index (χ2n) is 2.67. The van der Waals surface area contributed by atoms with Crippen molar-refractivity contribution in [2.75, 3.05) is 6.61 Å². The molecule has 0 fully saturated rings. The van der Waals surface area contributed by atoms with E-state index in [4.69, 9.17) is 10.6 Å². The first-order valence-electron chi connectivity index (χ1n) is 4.38. The van der Waals surface area contributed by atoms with Crippen molar-refractivity contribution in [2.45, 2.75) is 6.92 Å². The molecular weight excluding hydrogens is 198 g/mol. The van der Waals surface area contributed by atoms with E-state index in [2.05, 4.69) is 4.84 Å². The van der Waals surface area contributed by atoms with Crippen LogP contribution in [-0.2, 0) is 9.57 Å². The van der Waals surface area contributed by atoms with Gasteiger partial charge in [-0.1, -0.05) is 12.1 Å². The van der Waals surface area contributed by atoms with E-state index < -0.39 is 11.9 Å². The number of rotatable bonds is 3. The summed E-state index contributed by atoms with van der Waals surface area (Å²) in [5, 5.41) is 0. The normalized spacial score (nSPS) is 9.47. The molecule has 0 amide bonds. The molecule has 0 spiro atoms. The van der Waals surface area contributed by atoms with Crippen LogP contribution in [0.15, 0.2) is 24.3 Å². The van der Waals surface area contributed by atoms with Gasteiger partial charge in [-0.05, 0) is 19.1 Å². The van der Waals surface area contributed by atoms with Crippen molar-refractivity contribution in [1.82, 2.24) is 0 Å². The van der Waals surface area contributed by atoms with Crippen LogP contribution in [0, 0.1) is 0 Å². The molecule has 0 radical (unpaired) electrons. The Hall–Kier alpha value is -1.88. The zero-order valence-electron chi connectivity index (χ0n) is 8.23. The highest BCUT2D eigenvalue weighted by Crippen LogP contribution is 2.11. The van der Waals surface area contributed by atoms with E-state index in [1.807, 2.05) is 0 Å². The monoisotopic (exact) mass is 209 g/mol. The van der Waals surface area contributed by atoms with Crippen LogP contribution < -0.4 is 5.90 Å². The molecule has 5 heteroatoms. The molecule has 0 bridgehead atoms. The van der Waals surface area contributed by atoms with Crippen molar-refractivity contribution in [3.63, 3.8) is 0 Å². The number of benzene rings is 1. The lowest BCUT2D eigenvalue weighted by Gasteiger charge is -2.05. The van der Waals surface area contributed by atoms with Gasteiger partial charge in [0.1, 0.15) is 0 Å². The predicted molar refractivity (Wildman–Crippen MR) is 52.0 cm³/mol. The predicted octanol–water partition coefficient (Wildman–Crippen LogP) is 0.894. The smallest absolute Gasteiger partial charge is 0.357 e. The number of carbonyl (C=O) groups excluding carboxylic acids is 2. The van der Waals surface area contributed by atoms with Crippen molar-refractivity contribution in [1.29, 1.82) is 0 Å². The summed E-state index contributed by atoms with van der Waals surface area (Å²) in [5.74, 6) is 3.41. The van der Waals surface area contributed by atoms with E-state index in [0.29, 0.717) is 0 Å². The minimum Gasteiger partial charge on any atom is -0.462 e. The molecule has 0 heterocycles. The highest BCUT2D eigenvalue weighted by Gasteiger charge is 2.17. The summed E-state index contributed by atoms with van der Waals surface area (Å²) >= 11 is 0. The van der Waals surface area contributed by atoms with Crippen LogP contribution in [0.1, 0.15) is 27.6 Å². The Balaban J connectivity index is 3.06. The third-order valence-electron chi connectivity index (χ3n) is 1.75. The van der Waals surface area contributed by atoms with Crippen molar-refractivity contribution in [2.24, 2.45) is 5.90 Å². The van der Waals surface area contributed by atoms with Crippen LogP contribution in [0.4, 0.5) is 0 Å². The molecule has 0 aliphatic heterocycles. The third-order valence-corrected chi connectivity index (χ3v) is 1.75. The molecule has 15 heavy (non-hydrogen) atoms. The first-order valence-corrected chi connectivity index (χ1v) is 4.38. The van der Waals surface area contributed by atoms with Crippen molar-refractivity contribution >= 4 is 11.9 Å². The Morgan fingerprint density at radius 1 is 1.20 bits per heavy atom. The average Bonchev–Trinajstić information content (AvgIpc) is 2.28. The number of hydrogen-bond acceptors (Lipinski definition) is 5. The Bertz CT molecular complexity index is 375. The van der Waals surface area contributed by atoms with Gasteiger partial charge in [-0.25, -0.2) is 9.59 Å². The second kappa shape index (κ2) is 5.11. The quantitative estimate of drug-likeness (QED) is 0.590. The van der Waals surface area contributed by atoms with Gasteiger partial charge in [0.15, 0.2) is 0 Å². The summed E-state index contributed by atoms with van der Waals surface area (Å²) in [4.78, 5) is 26.7. The maximum Gasteiger partial charge on any atom is 0.357 e. The fourth-order valence-corrected chi connectivity index (χ4v) is 1.11. The van der Waals surface area contributed by atoms with Gasteiger partial charge in [-0.3, -0.25) is 0 Å². The van der Waals surface area contributed by atoms with Gasteiger partial charge >= 0.3 is 11.9 Å². The summed E-state index contributed by atoms with van der Waals surface area (Å²) < 4.78 is 4.78. The van der Waals surface area contributed by atoms with Crippen molar-refractivity contribution < 1.29 is 19.2 Å². The molecule has 1 aromatic carbocycles. The van der Waals surface area contributed by atoms with E-state index in [9.17, 15) is 9.59 Å². The van der Waals surface area contributed by atoms with E-state index in [1.165, 1.54) is 12.1 Å². The molecule has 5 nitrogen and oxygen atoms in total. The van der Waals surface area contributed by atoms with Crippen LogP contribution >= 0.6 is 0 Å². The highest BCUT2D eigenvalue weighted by molar-refractivity contribution is 6.02. The van der Waals surface area contributed by atoms with Gasteiger partial charge < -0.3 is 9.57 Å². The van der Waals surface area contributed by atoms with E-state index in [1.54, 1.807) is 19.1 Å². The van der Waals surface area contributed by atoms with Crippen molar-refractivity contribution in [3.05, 3.63) is 35.4 Å². The summed E-state index contributed by atoms with van der Waals surface area (Å²) in [5.41, 5.74) is 0.244. The average molecular weight is 209 g/mol. The fraction of sp³-hybridized carbons (Fsp3) is 0.200. The number of hydrogen-bond donors (Lipinski definition) is 1. The maximum atomic E-state index is 11.4. The zero-order chi connectivity index (χ0) is 11.3. The number of esters is 1. The maximum absolute atomic E-state index is 11.4. The van der Waals surface area contributed by atoms with Crippen molar-refractivity contribution in [3.8, 4) is 0 Å². The molecule has 0 aromatic heterocycles. The molecule has 0 atom stereocenters. The van der Waals surface area contributed by atoms with Crippen LogP contribution in [0.3, 0.4) is 0 Å². The summed E-state index contributed by atoms with van der Waals surface area (Å²) in [7, 11) is 0. The standard InChI is InChI=1S/C10H11NO4/c1-2-14-9(12)7-5-3-4-6-8(7)10(13)15-11/h3-6H,2,11H2,1H3. The largest absolute Gasteiger partial charge is 0.462 e. The number of carbonyl (C=O) groups is 2. The first kappa shape index (κ1) is 11.2. The molecule has 0 aliphatic rings. The lowest BCUT2D eigenvalue weighted by molar-refractivity contribution is 0.0466. The summed E-state index contributed by atoms with van der Waals surface area (Å²) in [6, 6.07) is 6.15. The number of nitrogens with two attached hydrogens (primary N) is 1. The van der Waals surface area contributed by atoms with Gasteiger partial charge in [-0.15, -0.1) is 0 Å². The molecule has 0 saturated carbocycles. The fourth-order valence-electron chi connectivity index (χ4n) is 1.11. The minimum atomic E-state index is -0.765. The number of ether oxygens (including phenoxy) is 1. The van der Waals surface area contributed by atoms with Gasteiger partial charge in [0.2, 0.25) is 0 Å². The zero-order valence-corrected chi connectivity index (χ0v) is 8.23. The van der Waals surface area contributed by atoms with Gasteiger partial charge in [0.05, 0.1) is 17.7 Å². The lowest BCUT2D eigenvalue weighted by atomic mass is 10.1. The molecular formula is C10H11NO4. The van der Waals surface area contributed by atoms with Crippen LogP contribution in [0.5, 0.6) is 0 Å². The van der Waals surface area contributed by atoms with Gasteiger partial charge in [-0.2, -0.15) is 5.90 Å². The Morgan fingerprint density at radius 2 is 1.73 bits per heavy atom. The SMILES string of the molecule is CCOC(=O)c1ccccc1C(=O)ON. The van der Waals surface area contributed by atoms with Crippen LogP contribution in [0.25, 0.3) is 0 Å². The van der Waals surface area contributed by atoms with Gasteiger partial charge in [0.25, 0.3) is 0 Å². The molecule has 0 aliphatic carbocycles. The van der Waals surface area contributed by atoms with E-state index in [0.717, 1.165) is 0 Å². The minimum absolute atomic E-state index is 0.0958. The molecule has 2 N–H and O–H groups in total. The highest BCUT2D eigenvalue weighted by atomic mass is 16.7. The van der Waals surface area contributed by atoms with Crippen LogP contribution in [0.2, 0.25) is 0 Å². The van der Waals surface area contributed by atoms with E-state index >= 15 is 0 Å². The Morgan fingerprint density at radius 3 is 2.20 bits per heavy atom. The molecule has 0 unspecified atom stereocenters. The summed E-state index contributed by atoms with van der Waals surface area (Å²) in [6.07, 6.45) is 0. The Kier molecular flexibility index (Phi) is 3.82. The molecule has 1 aromatic rings. The summed E-state index contributed by atoms with van der Waals surface area (Å²) in [6.45, 7) is 1.92. The third kappa shape index (κ3) is 2.54. The first-order chi connectivity index (χ1) is 7.20. The molecule has 1 rings (SSSR count). The molecule has 0 saturated heterocycles. The topological polar surface area (TPSA) is 78.6 Å².